The van der Waals surface area contributed by atoms with Gasteiger partial charge in [0.25, 0.3) is 0 Å². The Labute approximate surface area is 132 Å². The van der Waals surface area contributed by atoms with Gasteiger partial charge in [-0.2, -0.15) is 0 Å². The van der Waals surface area contributed by atoms with Crippen LogP contribution >= 0.6 is 0 Å². The van der Waals surface area contributed by atoms with E-state index in [1.54, 1.807) is 0 Å². The van der Waals surface area contributed by atoms with Gasteiger partial charge >= 0.3 is 0 Å². The predicted molar refractivity (Wildman–Crippen MR) is 89.5 cm³/mol. The molecule has 0 aliphatic heterocycles. The van der Waals surface area contributed by atoms with Crippen molar-refractivity contribution in [3.63, 3.8) is 0 Å². The summed E-state index contributed by atoms with van der Waals surface area (Å²) in [4.78, 5) is 2.18. The van der Waals surface area contributed by atoms with Crippen LogP contribution in [0.1, 0.15) is 40.5 Å². The number of likely N-dealkylation sites (N-methyl/N-ethyl adjacent to an activating group) is 1. The number of rotatable bonds is 4. The molecule has 0 aromatic heterocycles. The fourth-order valence-corrected chi connectivity index (χ4v) is 4.13. The summed E-state index contributed by atoms with van der Waals surface area (Å²) in [5.74, 6) is 0.904. The highest BCUT2D eigenvalue weighted by molar-refractivity contribution is 5.56. The molecule has 0 radical (unpaired) electrons. The molecule has 0 N–H and O–H groups in total. The first-order valence-electron chi connectivity index (χ1n) is 8.19. The van der Waals surface area contributed by atoms with Crippen LogP contribution in [0.4, 0.5) is 0 Å². The monoisotopic (exact) mass is 293 g/mol. The standard InChI is InChI=1S/C20H23NO/c1-21(2)11-12-22-19-13-18-14-7-3-5-9-16(14)20(19)17-10-6-4-8-15(17)18/h3-10,18-20H,11-13H2,1-2H3. The zero-order valence-electron chi connectivity index (χ0n) is 13.3. The topological polar surface area (TPSA) is 12.5 Å². The molecule has 2 bridgehead atoms. The molecule has 0 heterocycles. The first kappa shape index (κ1) is 14.0. The van der Waals surface area contributed by atoms with Gasteiger partial charge in [-0.1, -0.05) is 48.5 Å². The van der Waals surface area contributed by atoms with E-state index in [-0.39, 0.29) is 0 Å². The van der Waals surface area contributed by atoms with Crippen molar-refractivity contribution in [1.29, 1.82) is 0 Å². The normalized spacial score (nSPS) is 25.1. The zero-order valence-corrected chi connectivity index (χ0v) is 13.3. The van der Waals surface area contributed by atoms with Gasteiger partial charge in [0.05, 0.1) is 12.7 Å². The molecule has 0 fully saturated rings. The van der Waals surface area contributed by atoms with Gasteiger partial charge in [0.1, 0.15) is 0 Å². The summed E-state index contributed by atoms with van der Waals surface area (Å²) in [5.41, 5.74) is 5.98. The second-order valence-corrected chi connectivity index (χ2v) is 6.74. The van der Waals surface area contributed by atoms with Gasteiger partial charge in [0.2, 0.25) is 0 Å². The summed E-state index contributed by atoms with van der Waals surface area (Å²) >= 11 is 0. The molecule has 2 aromatic rings. The molecule has 2 aromatic carbocycles. The van der Waals surface area contributed by atoms with Gasteiger partial charge < -0.3 is 9.64 Å². The van der Waals surface area contributed by atoms with Crippen LogP contribution in [-0.2, 0) is 4.74 Å². The van der Waals surface area contributed by atoms with E-state index >= 15 is 0 Å². The maximum Gasteiger partial charge on any atom is 0.0694 e. The van der Waals surface area contributed by atoms with E-state index in [0.29, 0.717) is 17.9 Å². The van der Waals surface area contributed by atoms with Crippen LogP contribution in [0, 0.1) is 0 Å². The molecule has 114 valence electrons. The van der Waals surface area contributed by atoms with E-state index in [9.17, 15) is 0 Å². The SMILES string of the molecule is CN(C)CCOC1CC2c3ccccc3C1c1ccccc12. The third kappa shape index (κ3) is 2.18. The first-order chi connectivity index (χ1) is 10.8. The van der Waals surface area contributed by atoms with Gasteiger partial charge in [0, 0.05) is 18.4 Å². The third-order valence-electron chi connectivity index (χ3n) is 5.12. The average Bonchev–Trinajstić information content (AvgIpc) is 2.55. The maximum absolute atomic E-state index is 6.30. The molecule has 1 unspecified atom stereocenters. The number of benzene rings is 2. The molecule has 0 saturated carbocycles. The van der Waals surface area contributed by atoms with Gasteiger partial charge in [-0.25, -0.2) is 0 Å². The van der Waals surface area contributed by atoms with Crippen molar-refractivity contribution >= 4 is 0 Å². The Morgan fingerprint density at radius 2 is 1.45 bits per heavy atom. The van der Waals surface area contributed by atoms with Crippen LogP contribution in [0.3, 0.4) is 0 Å². The highest BCUT2D eigenvalue weighted by Gasteiger charge is 2.43. The number of fused-ring (bicyclic) bond motifs is 1. The van der Waals surface area contributed by atoms with Gasteiger partial charge in [-0.3, -0.25) is 0 Å². The van der Waals surface area contributed by atoms with Crippen molar-refractivity contribution in [2.45, 2.75) is 24.4 Å². The van der Waals surface area contributed by atoms with Crippen LogP contribution < -0.4 is 0 Å². The second-order valence-electron chi connectivity index (χ2n) is 6.74. The smallest absolute Gasteiger partial charge is 0.0694 e. The fraction of sp³-hybridized carbons (Fsp3) is 0.400. The van der Waals surface area contributed by atoms with E-state index in [1.165, 1.54) is 22.3 Å². The highest BCUT2D eigenvalue weighted by Crippen LogP contribution is 2.53. The third-order valence-corrected chi connectivity index (χ3v) is 5.12. The lowest BCUT2D eigenvalue weighted by Crippen LogP contribution is -2.38. The van der Waals surface area contributed by atoms with E-state index in [2.05, 4.69) is 67.5 Å². The Kier molecular flexibility index (Phi) is 3.51. The molecule has 0 saturated heterocycles. The lowest BCUT2D eigenvalue weighted by molar-refractivity contribution is 0.0168. The van der Waals surface area contributed by atoms with Crippen LogP contribution in [0.25, 0.3) is 0 Å². The summed E-state index contributed by atoms with van der Waals surface area (Å²) in [5, 5.41) is 0. The van der Waals surface area contributed by atoms with Crippen molar-refractivity contribution < 1.29 is 4.74 Å². The number of hydrogen-bond donors (Lipinski definition) is 0. The van der Waals surface area contributed by atoms with Gasteiger partial charge in [-0.05, 0) is 42.8 Å². The minimum Gasteiger partial charge on any atom is -0.376 e. The Balaban J connectivity index is 1.70. The summed E-state index contributed by atoms with van der Waals surface area (Å²) in [6.07, 6.45) is 1.43. The number of hydrogen-bond acceptors (Lipinski definition) is 2. The molecular formula is C20H23NO. The fourth-order valence-electron chi connectivity index (χ4n) is 4.13. The molecule has 0 amide bonds. The molecule has 2 heteroatoms. The van der Waals surface area contributed by atoms with Gasteiger partial charge in [-0.15, -0.1) is 0 Å². The molecular weight excluding hydrogens is 270 g/mol. The van der Waals surface area contributed by atoms with Crippen molar-refractivity contribution in [1.82, 2.24) is 4.90 Å². The molecule has 3 aliphatic carbocycles. The average molecular weight is 293 g/mol. The summed E-state index contributed by atoms with van der Waals surface area (Å²) in [6, 6.07) is 17.9. The number of ether oxygens (including phenoxy) is 1. The summed E-state index contributed by atoms with van der Waals surface area (Å²) < 4.78 is 6.30. The van der Waals surface area contributed by atoms with E-state index in [4.69, 9.17) is 4.74 Å². The molecule has 0 spiro atoms. The summed E-state index contributed by atoms with van der Waals surface area (Å²) in [7, 11) is 4.20. The largest absolute Gasteiger partial charge is 0.376 e. The van der Waals surface area contributed by atoms with E-state index in [1.807, 2.05) is 0 Å². The Hall–Kier alpha value is -1.64. The maximum atomic E-state index is 6.30. The van der Waals surface area contributed by atoms with Crippen LogP contribution in [0.2, 0.25) is 0 Å². The van der Waals surface area contributed by atoms with Crippen molar-refractivity contribution in [2.75, 3.05) is 27.2 Å². The Morgan fingerprint density at radius 3 is 2.00 bits per heavy atom. The zero-order chi connectivity index (χ0) is 15.1. The molecule has 2 nitrogen and oxygen atoms in total. The van der Waals surface area contributed by atoms with E-state index < -0.39 is 0 Å². The van der Waals surface area contributed by atoms with Crippen molar-refractivity contribution in [2.24, 2.45) is 0 Å². The second kappa shape index (κ2) is 5.53. The lowest BCUT2D eigenvalue weighted by atomic mass is 9.62. The first-order valence-corrected chi connectivity index (χ1v) is 8.19. The molecule has 5 rings (SSSR count). The van der Waals surface area contributed by atoms with Crippen LogP contribution in [0.5, 0.6) is 0 Å². The molecule has 22 heavy (non-hydrogen) atoms. The van der Waals surface area contributed by atoms with Crippen molar-refractivity contribution in [3.8, 4) is 0 Å². The molecule has 1 atom stereocenters. The quantitative estimate of drug-likeness (QED) is 0.854. The lowest BCUT2D eigenvalue weighted by Gasteiger charge is -2.45. The van der Waals surface area contributed by atoms with Crippen molar-refractivity contribution in [3.05, 3.63) is 70.8 Å². The highest BCUT2D eigenvalue weighted by atomic mass is 16.5. The Morgan fingerprint density at radius 1 is 0.909 bits per heavy atom. The Bertz CT molecular complexity index is 631. The van der Waals surface area contributed by atoms with Gasteiger partial charge in [0.15, 0.2) is 0 Å². The predicted octanol–water partition coefficient (Wildman–Crippen LogP) is 3.61. The minimum absolute atomic E-state index is 0.315. The van der Waals surface area contributed by atoms with Crippen LogP contribution in [0.15, 0.2) is 48.5 Å². The van der Waals surface area contributed by atoms with Crippen LogP contribution in [-0.4, -0.2) is 38.3 Å². The number of nitrogens with zero attached hydrogens (tertiary/aromatic N) is 1. The van der Waals surface area contributed by atoms with E-state index in [0.717, 1.165) is 19.6 Å². The minimum atomic E-state index is 0.315. The summed E-state index contributed by atoms with van der Waals surface area (Å²) in [6.45, 7) is 1.79. The molecule has 3 aliphatic rings.